The van der Waals surface area contributed by atoms with Crippen LogP contribution in [0.5, 0.6) is 11.5 Å². The average Bonchev–Trinajstić information content (AvgIpc) is 2.43. The van der Waals surface area contributed by atoms with Crippen LogP contribution in [0, 0.1) is 0 Å². The van der Waals surface area contributed by atoms with Crippen molar-refractivity contribution in [3.05, 3.63) is 24.3 Å². The van der Waals surface area contributed by atoms with Gasteiger partial charge in [-0.3, -0.25) is 4.79 Å². The van der Waals surface area contributed by atoms with Gasteiger partial charge in [-0.1, -0.05) is 0 Å². The molecule has 0 spiro atoms. The Kier molecular flexibility index (Phi) is 6.87. The van der Waals surface area contributed by atoms with Crippen molar-refractivity contribution in [2.75, 3.05) is 26.4 Å². The lowest BCUT2D eigenvalue weighted by molar-refractivity contribution is -0.135. The number of carbonyl (C=O) groups excluding carboxylic acids is 1. The standard InChI is InChI=1S/C15H23NO4/c1-4-19-13-5-7-14(8-6-13)20-11-15(18)16(9-10-17)12(2)3/h5-8,12,17H,4,9-11H2,1-3H3. The topological polar surface area (TPSA) is 59.0 Å². The minimum atomic E-state index is -0.136. The summed E-state index contributed by atoms with van der Waals surface area (Å²) in [6.07, 6.45) is 0. The van der Waals surface area contributed by atoms with Crippen LogP contribution in [0.1, 0.15) is 20.8 Å². The number of hydrogen-bond donors (Lipinski definition) is 1. The van der Waals surface area contributed by atoms with Crippen LogP contribution in [0.3, 0.4) is 0 Å². The quantitative estimate of drug-likeness (QED) is 0.788. The second kappa shape index (κ2) is 8.43. The van der Waals surface area contributed by atoms with Crippen molar-refractivity contribution >= 4 is 5.91 Å². The number of aliphatic hydroxyl groups is 1. The van der Waals surface area contributed by atoms with E-state index >= 15 is 0 Å². The molecule has 1 amide bonds. The number of hydrogen-bond acceptors (Lipinski definition) is 4. The lowest BCUT2D eigenvalue weighted by Gasteiger charge is -2.25. The number of amides is 1. The van der Waals surface area contributed by atoms with E-state index in [0.29, 0.717) is 18.9 Å². The summed E-state index contributed by atoms with van der Waals surface area (Å²) in [4.78, 5) is 13.6. The molecule has 5 heteroatoms. The zero-order valence-corrected chi connectivity index (χ0v) is 12.3. The molecule has 0 aliphatic carbocycles. The van der Waals surface area contributed by atoms with Gasteiger partial charge in [0, 0.05) is 12.6 Å². The molecule has 0 aliphatic heterocycles. The molecule has 112 valence electrons. The SMILES string of the molecule is CCOc1ccc(OCC(=O)N(CCO)C(C)C)cc1. The Labute approximate surface area is 120 Å². The van der Waals surface area contributed by atoms with Crippen LogP contribution in [0.15, 0.2) is 24.3 Å². The summed E-state index contributed by atoms with van der Waals surface area (Å²) in [5.74, 6) is 1.26. The zero-order valence-electron chi connectivity index (χ0n) is 12.3. The maximum atomic E-state index is 12.0. The molecule has 0 aliphatic rings. The highest BCUT2D eigenvalue weighted by Gasteiger charge is 2.16. The van der Waals surface area contributed by atoms with Gasteiger partial charge in [-0.25, -0.2) is 0 Å². The zero-order chi connectivity index (χ0) is 15.0. The summed E-state index contributed by atoms with van der Waals surface area (Å²) in [6.45, 7) is 6.59. The molecule has 1 aromatic rings. The van der Waals surface area contributed by atoms with Crippen LogP contribution < -0.4 is 9.47 Å². The molecule has 1 N–H and O–H groups in total. The monoisotopic (exact) mass is 281 g/mol. The lowest BCUT2D eigenvalue weighted by Crippen LogP contribution is -2.41. The summed E-state index contributed by atoms with van der Waals surface area (Å²) in [5.41, 5.74) is 0. The normalized spacial score (nSPS) is 10.4. The predicted molar refractivity (Wildman–Crippen MR) is 77.0 cm³/mol. The third-order valence-corrected chi connectivity index (χ3v) is 2.78. The molecule has 0 radical (unpaired) electrons. The highest BCUT2D eigenvalue weighted by atomic mass is 16.5. The van der Waals surface area contributed by atoms with Crippen LogP contribution in [-0.2, 0) is 4.79 Å². The van der Waals surface area contributed by atoms with Crippen molar-refractivity contribution in [3.63, 3.8) is 0 Å². The largest absolute Gasteiger partial charge is 0.494 e. The predicted octanol–water partition coefficient (Wildman–Crippen LogP) is 1.69. The maximum Gasteiger partial charge on any atom is 0.260 e. The Balaban J connectivity index is 2.50. The molecule has 0 unspecified atom stereocenters. The minimum Gasteiger partial charge on any atom is -0.494 e. The Morgan fingerprint density at radius 3 is 2.20 bits per heavy atom. The van der Waals surface area contributed by atoms with Crippen molar-refractivity contribution in [3.8, 4) is 11.5 Å². The summed E-state index contributed by atoms with van der Waals surface area (Å²) in [6, 6.07) is 7.18. The first-order valence-corrected chi connectivity index (χ1v) is 6.84. The van der Waals surface area contributed by atoms with Gasteiger partial charge in [-0.2, -0.15) is 0 Å². The van der Waals surface area contributed by atoms with Crippen LogP contribution in [0.25, 0.3) is 0 Å². The Morgan fingerprint density at radius 2 is 1.75 bits per heavy atom. The van der Waals surface area contributed by atoms with Gasteiger partial charge in [0.05, 0.1) is 13.2 Å². The first-order chi connectivity index (χ1) is 9.58. The van der Waals surface area contributed by atoms with E-state index in [0.717, 1.165) is 5.75 Å². The van der Waals surface area contributed by atoms with E-state index in [2.05, 4.69) is 0 Å². The smallest absolute Gasteiger partial charge is 0.260 e. The molecule has 20 heavy (non-hydrogen) atoms. The van der Waals surface area contributed by atoms with E-state index in [1.807, 2.05) is 20.8 Å². The minimum absolute atomic E-state index is 0.0356. The summed E-state index contributed by atoms with van der Waals surface area (Å²) >= 11 is 0. The average molecular weight is 281 g/mol. The van der Waals surface area contributed by atoms with Gasteiger partial charge in [-0.15, -0.1) is 0 Å². The fourth-order valence-electron chi connectivity index (χ4n) is 1.81. The molecule has 0 atom stereocenters. The van der Waals surface area contributed by atoms with E-state index in [-0.39, 0.29) is 25.2 Å². The van der Waals surface area contributed by atoms with Crippen molar-refractivity contribution in [1.29, 1.82) is 0 Å². The maximum absolute atomic E-state index is 12.0. The number of aliphatic hydroxyl groups excluding tert-OH is 1. The van der Waals surface area contributed by atoms with Gasteiger partial charge in [-0.05, 0) is 45.0 Å². The van der Waals surface area contributed by atoms with Gasteiger partial charge < -0.3 is 19.5 Å². The highest BCUT2D eigenvalue weighted by molar-refractivity contribution is 5.78. The molecule has 5 nitrogen and oxygen atoms in total. The van der Waals surface area contributed by atoms with Crippen LogP contribution in [-0.4, -0.2) is 48.3 Å². The summed E-state index contributed by atoms with van der Waals surface area (Å²) < 4.78 is 10.8. The van der Waals surface area contributed by atoms with Gasteiger partial charge in [0.1, 0.15) is 11.5 Å². The fraction of sp³-hybridized carbons (Fsp3) is 0.533. The molecule has 1 rings (SSSR count). The second-order valence-corrected chi connectivity index (χ2v) is 4.60. The van der Waals surface area contributed by atoms with Crippen molar-refractivity contribution in [2.45, 2.75) is 26.8 Å². The molecule has 0 aromatic heterocycles. The Hall–Kier alpha value is -1.75. The van der Waals surface area contributed by atoms with Gasteiger partial charge in [0.2, 0.25) is 0 Å². The highest BCUT2D eigenvalue weighted by Crippen LogP contribution is 2.17. The fourth-order valence-corrected chi connectivity index (χ4v) is 1.81. The van der Waals surface area contributed by atoms with Crippen molar-refractivity contribution in [2.24, 2.45) is 0 Å². The molecular weight excluding hydrogens is 258 g/mol. The third kappa shape index (κ3) is 5.09. The number of benzene rings is 1. The number of carbonyl (C=O) groups is 1. The second-order valence-electron chi connectivity index (χ2n) is 4.60. The molecule has 0 saturated carbocycles. The van der Waals surface area contributed by atoms with Crippen molar-refractivity contribution in [1.82, 2.24) is 4.90 Å². The van der Waals surface area contributed by atoms with Crippen LogP contribution >= 0.6 is 0 Å². The number of rotatable bonds is 8. The summed E-state index contributed by atoms with van der Waals surface area (Å²) in [7, 11) is 0. The lowest BCUT2D eigenvalue weighted by atomic mass is 10.3. The van der Waals surface area contributed by atoms with Crippen LogP contribution in [0.4, 0.5) is 0 Å². The van der Waals surface area contributed by atoms with Crippen LogP contribution in [0.2, 0.25) is 0 Å². The van der Waals surface area contributed by atoms with Gasteiger partial charge >= 0.3 is 0 Å². The van der Waals surface area contributed by atoms with E-state index in [1.54, 1.807) is 29.2 Å². The molecule has 0 bridgehead atoms. The van der Waals surface area contributed by atoms with E-state index in [4.69, 9.17) is 14.6 Å². The molecule has 0 fully saturated rings. The molecular formula is C15H23NO4. The number of ether oxygens (including phenoxy) is 2. The summed E-state index contributed by atoms with van der Waals surface area (Å²) in [5, 5.41) is 8.95. The Morgan fingerprint density at radius 1 is 1.20 bits per heavy atom. The van der Waals surface area contributed by atoms with Crippen molar-refractivity contribution < 1.29 is 19.4 Å². The first kappa shape index (κ1) is 16.3. The van der Waals surface area contributed by atoms with E-state index in [1.165, 1.54) is 0 Å². The third-order valence-electron chi connectivity index (χ3n) is 2.78. The Bertz CT molecular complexity index is 403. The van der Waals surface area contributed by atoms with E-state index in [9.17, 15) is 4.79 Å². The molecule has 0 heterocycles. The van der Waals surface area contributed by atoms with Gasteiger partial charge in [0.15, 0.2) is 6.61 Å². The van der Waals surface area contributed by atoms with E-state index < -0.39 is 0 Å². The molecule has 1 aromatic carbocycles. The molecule has 0 saturated heterocycles. The first-order valence-electron chi connectivity index (χ1n) is 6.84. The van der Waals surface area contributed by atoms with Gasteiger partial charge in [0.25, 0.3) is 5.91 Å². The number of nitrogens with zero attached hydrogens (tertiary/aromatic N) is 1.